The van der Waals surface area contributed by atoms with Crippen LogP contribution in [0.2, 0.25) is 0 Å². The third-order valence-electron chi connectivity index (χ3n) is 6.77. The summed E-state index contributed by atoms with van der Waals surface area (Å²) in [5.74, 6) is 2.05. The summed E-state index contributed by atoms with van der Waals surface area (Å²) in [5.41, 5.74) is 0.437. The van der Waals surface area contributed by atoms with E-state index in [-0.39, 0.29) is 11.4 Å². The number of hydrogen-bond acceptors (Lipinski definition) is 3. The minimum atomic E-state index is -3.57. The Balaban J connectivity index is 1.59. The summed E-state index contributed by atoms with van der Waals surface area (Å²) in [6.07, 6.45) is 8.74. The minimum absolute atomic E-state index is 0.112. The predicted octanol–water partition coefficient (Wildman–Crippen LogP) is 3.32. The van der Waals surface area contributed by atoms with E-state index in [1.54, 1.807) is 24.3 Å². The Morgan fingerprint density at radius 1 is 1.11 bits per heavy atom. The molecule has 4 fully saturated rings. The molecular weight excluding hydrogens is 360 g/mol. The molecule has 0 aliphatic heterocycles. The summed E-state index contributed by atoms with van der Waals surface area (Å²) in [6.45, 7) is 1.88. The van der Waals surface area contributed by atoms with Crippen molar-refractivity contribution in [2.24, 2.45) is 17.8 Å². The second-order valence-electron chi connectivity index (χ2n) is 9.01. The maximum absolute atomic E-state index is 13.3. The number of amides is 1. The van der Waals surface area contributed by atoms with Gasteiger partial charge < -0.3 is 5.32 Å². The molecule has 4 aliphatic carbocycles. The number of para-hydroxylation sites is 1. The highest BCUT2D eigenvalue weighted by atomic mass is 32.2. The molecule has 148 valence electrons. The predicted molar refractivity (Wildman–Crippen MR) is 107 cm³/mol. The van der Waals surface area contributed by atoms with Gasteiger partial charge in [0.15, 0.2) is 0 Å². The van der Waals surface area contributed by atoms with Gasteiger partial charge in [-0.3, -0.25) is 9.10 Å². The monoisotopic (exact) mass is 390 g/mol. The fraction of sp³-hybridized carbons (Fsp3) is 0.667. The molecule has 5 nitrogen and oxygen atoms in total. The maximum atomic E-state index is 13.3. The minimum Gasteiger partial charge on any atom is -0.349 e. The van der Waals surface area contributed by atoms with Gasteiger partial charge in [-0.25, -0.2) is 8.42 Å². The van der Waals surface area contributed by atoms with Gasteiger partial charge in [-0.05, 0) is 74.8 Å². The molecule has 4 aliphatic rings. The SMILES string of the molecule is CCC(C(=O)NC12CC3CC(CC(C3)C1)C2)N(c1ccccc1)S(C)(=O)=O. The Labute approximate surface area is 162 Å². The largest absolute Gasteiger partial charge is 0.349 e. The second kappa shape index (κ2) is 6.80. The molecule has 0 heterocycles. The molecule has 1 unspecified atom stereocenters. The lowest BCUT2D eigenvalue weighted by atomic mass is 9.53. The van der Waals surface area contributed by atoms with Gasteiger partial charge in [0.2, 0.25) is 15.9 Å². The smallest absolute Gasteiger partial charge is 0.244 e. The number of hydrogen-bond donors (Lipinski definition) is 1. The number of nitrogens with one attached hydrogen (secondary N) is 1. The molecule has 0 saturated heterocycles. The van der Waals surface area contributed by atoms with Crippen LogP contribution in [0.4, 0.5) is 5.69 Å². The standard InChI is InChI=1S/C21H30N2O3S/c1-3-19(23(27(2,25)26)18-7-5-4-6-8-18)20(24)22-21-12-15-9-16(13-21)11-17(10-15)14-21/h4-8,15-17,19H,3,9-14H2,1-2H3,(H,22,24). The molecule has 1 aromatic carbocycles. The molecule has 5 rings (SSSR count). The molecule has 1 atom stereocenters. The average molecular weight is 391 g/mol. The van der Waals surface area contributed by atoms with Gasteiger partial charge in [0.25, 0.3) is 0 Å². The van der Waals surface area contributed by atoms with Crippen LogP contribution < -0.4 is 9.62 Å². The van der Waals surface area contributed by atoms with Crippen molar-refractivity contribution in [3.8, 4) is 0 Å². The van der Waals surface area contributed by atoms with Crippen molar-refractivity contribution < 1.29 is 13.2 Å². The number of carbonyl (C=O) groups is 1. The zero-order chi connectivity index (χ0) is 19.2. The summed E-state index contributed by atoms with van der Waals surface area (Å²) in [5, 5.41) is 3.35. The van der Waals surface area contributed by atoms with Gasteiger partial charge >= 0.3 is 0 Å². The highest BCUT2D eigenvalue weighted by Crippen LogP contribution is 2.55. The van der Waals surface area contributed by atoms with Crippen LogP contribution in [0.25, 0.3) is 0 Å². The van der Waals surface area contributed by atoms with E-state index in [4.69, 9.17) is 0 Å². The van der Waals surface area contributed by atoms with E-state index in [0.29, 0.717) is 12.1 Å². The van der Waals surface area contributed by atoms with Crippen LogP contribution >= 0.6 is 0 Å². The van der Waals surface area contributed by atoms with E-state index < -0.39 is 16.1 Å². The van der Waals surface area contributed by atoms with Gasteiger partial charge in [-0.1, -0.05) is 25.1 Å². The van der Waals surface area contributed by atoms with Crippen LogP contribution in [-0.2, 0) is 14.8 Å². The Bertz CT molecular complexity index is 771. The summed E-state index contributed by atoms with van der Waals surface area (Å²) >= 11 is 0. The molecule has 0 aromatic heterocycles. The van der Waals surface area contributed by atoms with E-state index in [0.717, 1.165) is 37.0 Å². The summed E-state index contributed by atoms with van der Waals surface area (Å²) < 4.78 is 26.4. The lowest BCUT2D eigenvalue weighted by Gasteiger charge is -2.57. The van der Waals surface area contributed by atoms with Crippen molar-refractivity contribution in [1.29, 1.82) is 0 Å². The number of nitrogens with zero attached hydrogens (tertiary/aromatic N) is 1. The van der Waals surface area contributed by atoms with Crippen LogP contribution in [0.15, 0.2) is 30.3 Å². The van der Waals surface area contributed by atoms with E-state index in [9.17, 15) is 13.2 Å². The van der Waals surface area contributed by atoms with Gasteiger partial charge in [-0.15, -0.1) is 0 Å². The highest BCUT2D eigenvalue weighted by Gasteiger charge is 2.52. The van der Waals surface area contributed by atoms with Gasteiger partial charge in [0.05, 0.1) is 11.9 Å². The van der Waals surface area contributed by atoms with Gasteiger partial charge in [-0.2, -0.15) is 0 Å². The Morgan fingerprint density at radius 2 is 1.63 bits per heavy atom. The van der Waals surface area contributed by atoms with Crippen LogP contribution in [0.3, 0.4) is 0 Å². The third kappa shape index (κ3) is 3.60. The van der Waals surface area contributed by atoms with Crippen LogP contribution in [-0.4, -0.2) is 32.2 Å². The topological polar surface area (TPSA) is 66.5 Å². The van der Waals surface area contributed by atoms with Crippen molar-refractivity contribution in [3.05, 3.63) is 30.3 Å². The first-order valence-corrected chi connectivity index (χ1v) is 12.0. The normalized spacial score (nSPS) is 32.9. The first-order chi connectivity index (χ1) is 12.8. The van der Waals surface area contributed by atoms with Crippen molar-refractivity contribution in [1.82, 2.24) is 5.32 Å². The first kappa shape index (κ1) is 18.8. The van der Waals surface area contributed by atoms with E-state index >= 15 is 0 Å². The summed E-state index contributed by atoms with van der Waals surface area (Å²) in [6, 6.07) is 8.24. The highest BCUT2D eigenvalue weighted by molar-refractivity contribution is 7.92. The number of sulfonamides is 1. The number of benzene rings is 1. The lowest BCUT2D eigenvalue weighted by molar-refractivity contribution is -0.128. The van der Waals surface area contributed by atoms with Crippen LogP contribution in [0, 0.1) is 17.8 Å². The molecule has 6 heteroatoms. The fourth-order valence-electron chi connectivity index (χ4n) is 6.24. The maximum Gasteiger partial charge on any atom is 0.244 e. The fourth-order valence-corrected chi connectivity index (χ4v) is 7.46. The first-order valence-electron chi connectivity index (χ1n) is 10.2. The second-order valence-corrected chi connectivity index (χ2v) is 10.9. The number of anilines is 1. The molecule has 4 saturated carbocycles. The molecule has 1 amide bonds. The van der Waals surface area contributed by atoms with Crippen LogP contribution in [0.1, 0.15) is 51.9 Å². The Hall–Kier alpha value is -1.56. The van der Waals surface area contributed by atoms with E-state index in [2.05, 4.69) is 5.32 Å². The molecule has 4 bridgehead atoms. The Morgan fingerprint density at radius 3 is 2.07 bits per heavy atom. The zero-order valence-corrected chi connectivity index (χ0v) is 17.0. The van der Waals surface area contributed by atoms with Crippen molar-refractivity contribution >= 4 is 21.6 Å². The van der Waals surface area contributed by atoms with Crippen molar-refractivity contribution in [2.75, 3.05) is 10.6 Å². The third-order valence-corrected chi connectivity index (χ3v) is 7.95. The van der Waals surface area contributed by atoms with Crippen molar-refractivity contribution in [2.45, 2.75) is 63.5 Å². The molecule has 0 spiro atoms. The van der Waals surface area contributed by atoms with Crippen molar-refractivity contribution in [3.63, 3.8) is 0 Å². The number of carbonyl (C=O) groups excluding carboxylic acids is 1. The molecule has 1 aromatic rings. The van der Waals surface area contributed by atoms with E-state index in [1.807, 2.05) is 13.0 Å². The molecular formula is C21H30N2O3S. The lowest BCUT2D eigenvalue weighted by Crippen LogP contribution is -2.63. The van der Waals surface area contributed by atoms with Crippen LogP contribution in [0.5, 0.6) is 0 Å². The van der Waals surface area contributed by atoms with E-state index in [1.165, 1.54) is 29.8 Å². The summed E-state index contributed by atoms with van der Waals surface area (Å²) in [7, 11) is -3.57. The molecule has 27 heavy (non-hydrogen) atoms. The average Bonchev–Trinajstić information content (AvgIpc) is 2.57. The quantitative estimate of drug-likeness (QED) is 0.810. The van der Waals surface area contributed by atoms with Gasteiger partial charge in [0.1, 0.15) is 6.04 Å². The number of rotatable bonds is 6. The summed E-state index contributed by atoms with van der Waals surface area (Å²) in [4.78, 5) is 13.3. The van der Waals surface area contributed by atoms with Gasteiger partial charge in [0, 0.05) is 5.54 Å². The molecule has 0 radical (unpaired) electrons. The Kier molecular flexibility index (Phi) is 4.73. The zero-order valence-electron chi connectivity index (χ0n) is 16.2. The molecule has 1 N–H and O–H groups in total.